The number of H-pyrrole nitrogens is 1. The number of aromatic nitrogens is 2. The lowest BCUT2D eigenvalue weighted by Crippen LogP contribution is -2.29. The molecule has 2 rings (SSSR count). The van der Waals surface area contributed by atoms with Gasteiger partial charge >= 0.3 is 0 Å². The normalized spacial score (nSPS) is 28.1. The molecule has 0 amide bonds. The summed E-state index contributed by atoms with van der Waals surface area (Å²) in [5, 5.41) is 6.72. The monoisotopic (exact) mass is 229 g/mol. The molecule has 3 nitrogen and oxygen atoms in total. The summed E-state index contributed by atoms with van der Waals surface area (Å²) in [6, 6.07) is 0. The minimum atomic E-state index is -2.69. The molecular formula is C11H17F2N3. The van der Waals surface area contributed by atoms with Gasteiger partial charge in [0.15, 0.2) is 0 Å². The molecule has 90 valence electrons. The number of nitrogens with two attached hydrogens (primary N) is 1. The van der Waals surface area contributed by atoms with E-state index < -0.39 is 11.3 Å². The second kappa shape index (κ2) is 3.03. The fraction of sp³-hybridized carbons (Fsp3) is 0.727. The minimum Gasteiger partial charge on any atom is -0.329 e. The lowest BCUT2D eigenvalue weighted by Gasteiger charge is -2.22. The van der Waals surface area contributed by atoms with Crippen LogP contribution in [0.3, 0.4) is 0 Å². The summed E-state index contributed by atoms with van der Waals surface area (Å²) in [6.45, 7) is 5.86. The molecule has 1 aromatic rings. The maximum Gasteiger partial charge on any atom is 0.260 e. The van der Waals surface area contributed by atoms with Crippen molar-refractivity contribution in [2.45, 2.75) is 43.9 Å². The maximum absolute atomic E-state index is 13.5. The van der Waals surface area contributed by atoms with Gasteiger partial charge in [-0.25, -0.2) is 8.78 Å². The zero-order valence-electron chi connectivity index (χ0n) is 9.77. The topological polar surface area (TPSA) is 54.7 Å². The van der Waals surface area contributed by atoms with Gasteiger partial charge in [0.2, 0.25) is 0 Å². The smallest absolute Gasteiger partial charge is 0.260 e. The Morgan fingerprint density at radius 1 is 1.50 bits per heavy atom. The molecule has 5 heteroatoms. The Balaban J connectivity index is 2.47. The Morgan fingerprint density at radius 3 is 2.44 bits per heavy atom. The molecule has 1 aliphatic carbocycles. The molecule has 3 N–H and O–H groups in total. The minimum absolute atomic E-state index is 0.0391. The van der Waals surface area contributed by atoms with Crippen LogP contribution in [0.25, 0.3) is 0 Å². The van der Waals surface area contributed by atoms with Crippen molar-refractivity contribution in [1.29, 1.82) is 0 Å². The van der Waals surface area contributed by atoms with E-state index in [1.807, 2.05) is 20.8 Å². The number of alkyl halides is 2. The molecule has 1 unspecified atom stereocenters. The first-order valence-corrected chi connectivity index (χ1v) is 5.37. The van der Waals surface area contributed by atoms with E-state index in [0.29, 0.717) is 5.56 Å². The molecule has 0 aromatic carbocycles. The van der Waals surface area contributed by atoms with Crippen molar-refractivity contribution >= 4 is 0 Å². The van der Waals surface area contributed by atoms with E-state index in [1.165, 1.54) is 6.20 Å². The van der Waals surface area contributed by atoms with E-state index in [9.17, 15) is 8.78 Å². The highest BCUT2D eigenvalue weighted by Crippen LogP contribution is 2.61. The first-order chi connectivity index (χ1) is 7.24. The van der Waals surface area contributed by atoms with Crippen LogP contribution in [0.15, 0.2) is 6.20 Å². The van der Waals surface area contributed by atoms with Crippen molar-refractivity contribution < 1.29 is 8.78 Å². The highest BCUT2D eigenvalue weighted by Gasteiger charge is 2.72. The largest absolute Gasteiger partial charge is 0.329 e. The van der Waals surface area contributed by atoms with Gasteiger partial charge in [-0.1, -0.05) is 20.8 Å². The summed E-state index contributed by atoms with van der Waals surface area (Å²) in [6.07, 6.45) is 1.33. The molecule has 0 spiro atoms. The van der Waals surface area contributed by atoms with Crippen LogP contribution in [-0.4, -0.2) is 22.7 Å². The predicted molar refractivity (Wildman–Crippen MR) is 57.6 cm³/mol. The molecule has 1 saturated carbocycles. The van der Waals surface area contributed by atoms with Gasteiger partial charge in [0, 0.05) is 29.6 Å². The van der Waals surface area contributed by atoms with E-state index in [1.54, 1.807) is 0 Å². The van der Waals surface area contributed by atoms with Crippen LogP contribution in [0.1, 0.15) is 38.4 Å². The van der Waals surface area contributed by atoms with Crippen LogP contribution in [-0.2, 0) is 10.8 Å². The number of nitrogens with zero attached hydrogens (tertiary/aromatic N) is 1. The Hall–Kier alpha value is -0.970. The van der Waals surface area contributed by atoms with E-state index in [4.69, 9.17) is 5.73 Å². The zero-order valence-corrected chi connectivity index (χ0v) is 9.77. The van der Waals surface area contributed by atoms with Crippen molar-refractivity contribution in [3.05, 3.63) is 17.5 Å². The molecule has 16 heavy (non-hydrogen) atoms. The lowest BCUT2D eigenvalue weighted by atomic mass is 9.84. The highest BCUT2D eigenvalue weighted by molar-refractivity contribution is 5.42. The number of nitrogens with one attached hydrogen (secondary N) is 1. The van der Waals surface area contributed by atoms with E-state index in [0.717, 1.165) is 5.69 Å². The maximum atomic E-state index is 13.5. The van der Waals surface area contributed by atoms with Gasteiger partial charge in [-0.05, 0) is 0 Å². The first kappa shape index (κ1) is 11.5. The molecule has 0 radical (unpaired) electrons. The lowest BCUT2D eigenvalue weighted by molar-refractivity contribution is 0.0892. The molecule has 1 heterocycles. The van der Waals surface area contributed by atoms with E-state index in [-0.39, 0.29) is 18.4 Å². The first-order valence-electron chi connectivity index (χ1n) is 5.37. The standard InChI is InChI=1S/C11H17F2N3/c1-9(2,3)8-7(4-15-16-8)10(6-14)5-11(10,12)13/h4H,5-6,14H2,1-3H3,(H,15,16). The summed E-state index contributed by atoms with van der Waals surface area (Å²) < 4.78 is 26.9. The van der Waals surface area contributed by atoms with Gasteiger partial charge in [0.25, 0.3) is 5.92 Å². The van der Waals surface area contributed by atoms with Crippen LogP contribution in [0.2, 0.25) is 0 Å². The van der Waals surface area contributed by atoms with Gasteiger partial charge in [-0.3, -0.25) is 5.10 Å². The van der Waals surface area contributed by atoms with Gasteiger partial charge < -0.3 is 5.73 Å². The second-order valence-electron chi connectivity index (χ2n) is 5.58. The van der Waals surface area contributed by atoms with E-state index >= 15 is 0 Å². The van der Waals surface area contributed by atoms with Gasteiger partial charge in [-0.2, -0.15) is 5.10 Å². The van der Waals surface area contributed by atoms with Crippen LogP contribution >= 0.6 is 0 Å². The summed E-state index contributed by atoms with van der Waals surface area (Å²) in [4.78, 5) is 0. The third-order valence-corrected chi connectivity index (χ3v) is 3.35. The second-order valence-corrected chi connectivity index (χ2v) is 5.58. The fourth-order valence-corrected chi connectivity index (χ4v) is 2.18. The summed E-state index contributed by atoms with van der Waals surface area (Å²) in [5.41, 5.74) is 5.44. The zero-order chi connectivity index (χ0) is 12.2. The molecular weight excluding hydrogens is 212 g/mol. The molecule has 1 aromatic heterocycles. The third kappa shape index (κ3) is 1.38. The number of aromatic amines is 1. The molecule has 0 aliphatic heterocycles. The molecule has 1 atom stereocenters. The molecule has 1 fully saturated rings. The molecule has 1 aliphatic rings. The Kier molecular flexibility index (Phi) is 2.18. The summed E-state index contributed by atoms with van der Waals surface area (Å²) >= 11 is 0. The Morgan fingerprint density at radius 2 is 2.06 bits per heavy atom. The molecule has 0 saturated heterocycles. The number of rotatable bonds is 2. The average Bonchev–Trinajstić information content (AvgIpc) is 2.59. The quantitative estimate of drug-likeness (QED) is 0.814. The summed E-state index contributed by atoms with van der Waals surface area (Å²) in [5.74, 6) is -2.69. The van der Waals surface area contributed by atoms with Crippen molar-refractivity contribution in [2.75, 3.05) is 6.54 Å². The van der Waals surface area contributed by atoms with Gasteiger partial charge in [0.1, 0.15) is 0 Å². The van der Waals surface area contributed by atoms with Gasteiger partial charge in [-0.15, -0.1) is 0 Å². The predicted octanol–water partition coefficient (Wildman–Crippen LogP) is 1.94. The van der Waals surface area contributed by atoms with Crippen molar-refractivity contribution in [2.24, 2.45) is 5.73 Å². The Bertz CT molecular complexity index is 406. The number of hydrogen-bond donors (Lipinski definition) is 2. The summed E-state index contributed by atoms with van der Waals surface area (Å²) in [7, 11) is 0. The van der Waals surface area contributed by atoms with Crippen molar-refractivity contribution in [1.82, 2.24) is 10.2 Å². The van der Waals surface area contributed by atoms with Crippen molar-refractivity contribution in [3.63, 3.8) is 0 Å². The van der Waals surface area contributed by atoms with Crippen LogP contribution < -0.4 is 5.73 Å². The Labute approximate surface area is 93.4 Å². The molecule has 0 bridgehead atoms. The van der Waals surface area contributed by atoms with E-state index in [2.05, 4.69) is 10.2 Å². The van der Waals surface area contributed by atoms with Gasteiger partial charge in [0.05, 0.1) is 11.6 Å². The third-order valence-electron chi connectivity index (χ3n) is 3.35. The van der Waals surface area contributed by atoms with Crippen molar-refractivity contribution in [3.8, 4) is 0 Å². The fourth-order valence-electron chi connectivity index (χ4n) is 2.18. The number of hydrogen-bond acceptors (Lipinski definition) is 2. The van der Waals surface area contributed by atoms with Crippen LogP contribution in [0.4, 0.5) is 8.78 Å². The highest BCUT2D eigenvalue weighted by atomic mass is 19.3. The number of halogens is 2. The average molecular weight is 229 g/mol. The SMILES string of the molecule is CC(C)(C)c1[nH]ncc1C1(CN)CC1(F)F. The van der Waals surface area contributed by atoms with Crippen LogP contribution in [0.5, 0.6) is 0 Å². The van der Waals surface area contributed by atoms with Crippen LogP contribution in [0, 0.1) is 0 Å².